The fraction of sp³-hybridized carbons (Fsp3) is 0.615. The Morgan fingerprint density at radius 2 is 2.31 bits per heavy atom. The maximum absolute atomic E-state index is 9.69. The highest BCUT2D eigenvalue weighted by Crippen LogP contribution is 2.39. The van der Waals surface area contributed by atoms with Crippen molar-refractivity contribution in [3.8, 4) is 0 Å². The van der Waals surface area contributed by atoms with E-state index in [4.69, 9.17) is 0 Å². The second-order valence-electron chi connectivity index (χ2n) is 4.95. The van der Waals surface area contributed by atoms with Crippen LogP contribution < -0.4 is 4.90 Å². The molecule has 1 N–H and O–H groups in total. The Morgan fingerprint density at radius 1 is 1.62 bits per heavy atom. The van der Waals surface area contributed by atoms with Crippen molar-refractivity contribution < 1.29 is 5.11 Å². The van der Waals surface area contributed by atoms with Gasteiger partial charge < -0.3 is 10.0 Å². The molecule has 0 radical (unpaired) electrons. The van der Waals surface area contributed by atoms with Crippen LogP contribution in [0.5, 0.6) is 0 Å². The summed E-state index contributed by atoms with van der Waals surface area (Å²) in [7, 11) is 2.05. The summed E-state index contributed by atoms with van der Waals surface area (Å²) in [5.41, 5.74) is 0.915. The molecule has 1 aliphatic carbocycles. The molecule has 0 spiro atoms. The molecule has 3 atom stereocenters. The monoisotopic (exact) mass is 220 g/mol. The second-order valence-corrected chi connectivity index (χ2v) is 4.95. The van der Waals surface area contributed by atoms with E-state index in [1.165, 1.54) is 6.42 Å². The first kappa shape index (κ1) is 11.4. The molecule has 1 aromatic rings. The number of rotatable bonds is 4. The number of hydrogen-bond acceptors (Lipinski definition) is 3. The molecule has 0 saturated heterocycles. The Kier molecular flexibility index (Phi) is 3.15. The number of aliphatic hydroxyl groups is 1. The van der Waals surface area contributed by atoms with Gasteiger partial charge >= 0.3 is 0 Å². The Labute approximate surface area is 97.1 Å². The fourth-order valence-electron chi connectivity index (χ4n) is 2.15. The lowest BCUT2D eigenvalue weighted by atomic mass is 10.1. The van der Waals surface area contributed by atoms with Gasteiger partial charge in [0.1, 0.15) is 5.82 Å². The van der Waals surface area contributed by atoms with Crippen molar-refractivity contribution in [2.45, 2.75) is 26.4 Å². The van der Waals surface area contributed by atoms with Crippen LogP contribution in [0.15, 0.2) is 18.3 Å². The molecule has 1 aromatic heterocycles. The first-order valence-electron chi connectivity index (χ1n) is 5.93. The van der Waals surface area contributed by atoms with Crippen LogP contribution in [-0.2, 0) is 0 Å². The van der Waals surface area contributed by atoms with Crippen LogP contribution in [-0.4, -0.2) is 23.7 Å². The van der Waals surface area contributed by atoms with Gasteiger partial charge in [0.25, 0.3) is 0 Å². The van der Waals surface area contributed by atoms with Gasteiger partial charge in [-0.25, -0.2) is 4.98 Å². The molecule has 0 bridgehead atoms. The molecule has 0 amide bonds. The van der Waals surface area contributed by atoms with Crippen molar-refractivity contribution in [3.63, 3.8) is 0 Å². The molecule has 0 aromatic carbocycles. The number of nitrogens with zero attached hydrogens (tertiary/aromatic N) is 2. The summed E-state index contributed by atoms with van der Waals surface area (Å²) in [4.78, 5) is 6.53. The van der Waals surface area contributed by atoms with Crippen molar-refractivity contribution in [2.75, 3.05) is 18.5 Å². The van der Waals surface area contributed by atoms with Crippen LogP contribution in [0.4, 0.5) is 5.82 Å². The van der Waals surface area contributed by atoms with E-state index < -0.39 is 6.10 Å². The van der Waals surface area contributed by atoms with Gasteiger partial charge in [-0.3, -0.25) is 0 Å². The summed E-state index contributed by atoms with van der Waals surface area (Å²) >= 11 is 0. The normalized spacial score (nSPS) is 25.2. The maximum Gasteiger partial charge on any atom is 0.134 e. The van der Waals surface area contributed by atoms with E-state index in [1.54, 1.807) is 13.1 Å². The Hall–Kier alpha value is -1.09. The van der Waals surface area contributed by atoms with E-state index in [9.17, 15) is 5.11 Å². The van der Waals surface area contributed by atoms with Crippen molar-refractivity contribution >= 4 is 5.82 Å². The zero-order valence-corrected chi connectivity index (χ0v) is 10.2. The van der Waals surface area contributed by atoms with Crippen molar-refractivity contribution in [2.24, 2.45) is 11.8 Å². The lowest BCUT2D eigenvalue weighted by molar-refractivity contribution is 0.199. The first-order valence-corrected chi connectivity index (χ1v) is 5.93. The second kappa shape index (κ2) is 4.42. The molecular formula is C13H20N2O. The summed E-state index contributed by atoms with van der Waals surface area (Å²) in [5.74, 6) is 2.56. The third-order valence-electron chi connectivity index (χ3n) is 3.41. The number of anilines is 1. The van der Waals surface area contributed by atoms with Crippen LogP contribution >= 0.6 is 0 Å². The Morgan fingerprint density at radius 3 is 2.88 bits per heavy atom. The van der Waals surface area contributed by atoms with Crippen LogP contribution in [0.1, 0.15) is 31.9 Å². The molecule has 88 valence electrons. The summed E-state index contributed by atoms with van der Waals surface area (Å²) in [6.45, 7) is 5.11. The van der Waals surface area contributed by atoms with Gasteiger partial charge in [0.15, 0.2) is 0 Å². The van der Waals surface area contributed by atoms with Crippen LogP contribution in [0.3, 0.4) is 0 Å². The minimum Gasteiger partial charge on any atom is -0.389 e. The number of aliphatic hydroxyl groups excluding tert-OH is 1. The smallest absolute Gasteiger partial charge is 0.134 e. The predicted molar refractivity (Wildman–Crippen MR) is 65.4 cm³/mol. The first-order chi connectivity index (χ1) is 7.59. The third kappa shape index (κ3) is 2.35. The van der Waals surface area contributed by atoms with E-state index in [2.05, 4.69) is 23.9 Å². The summed E-state index contributed by atoms with van der Waals surface area (Å²) in [5, 5.41) is 9.69. The average Bonchev–Trinajstić information content (AvgIpc) is 2.94. The highest BCUT2D eigenvalue weighted by molar-refractivity contribution is 5.47. The van der Waals surface area contributed by atoms with Crippen LogP contribution in [0.25, 0.3) is 0 Å². The van der Waals surface area contributed by atoms with E-state index in [-0.39, 0.29) is 0 Å². The molecule has 3 heteroatoms. The molecule has 2 rings (SSSR count). The van der Waals surface area contributed by atoms with Gasteiger partial charge in [0, 0.05) is 25.4 Å². The number of aromatic nitrogens is 1. The number of hydrogen-bond donors (Lipinski definition) is 1. The Bertz CT molecular complexity index is 365. The summed E-state index contributed by atoms with van der Waals surface area (Å²) < 4.78 is 0. The zero-order valence-electron chi connectivity index (χ0n) is 10.2. The molecule has 1 fully saturated rings. The van der Waals surface area contributed by atoms with Gasteiger partial charge in [0.05, 0.1) is 6.10 Å². The fourth-order valence-corrected chi connectivity index (χ4v) is 2.15. The van der Waals surface area contributed by atoms with E-state index >= 15 is 0 Å². The van der Waals surface area contributed by atoms with Gasteiger partial charge in [-0.2, -0.15) is 0 Å². The van der Waals surface area contributed by atoms with Crippen molar-refractivity contribution in [3.05, 3.63) is 23.9 Å². The topological polar surface area (TPSA) is 36.4 Å². The van der Waals surface area contributed by atoms with Crippen LogP contribution in [0.2, 0.25) is 0 Å². The summed E-state index contributed by atoms with van der Waals surface area (Å²) in [6.07, 6.45) is 2.65. The predicted octanol–water partition coefficient (Wildman–Crippen LogP) is 2.23. The van der Waals surface area contributed by atoms with Crippen molar-refractivity contribution in [1.29, 1.82) is 0 Å². The molecule has 1 saturated carbocycles. The molecule has 16 heavy (non-hydrogen) atoms. The summed E-state index contributed by atoms with van der Waals surface area (Å²) in [6, 6.07) is 3.82. The van der Waals surface area contributed by atoms with Gasteiger partial charge in [-0.05, 0) is 31.2 Å². The largest absolute Gasteiger partial charge is 0.389 e. The van der Waals surface area contributed by atoms with Gasteiger partial charge in [-0.1, -0.05) is 13.0 Å². The van der Waals surface area contributed by atoms with Crippen molar-refractivity contribution in [1.82, 2.24) is 4.98 Å². The van der Waals surface area contributed by atoms with Gasteiger partial charge in [-0.15, -0.1) is 0 Å². The highest BCUT2D eigenvalue weighted by atomic mass is 16.3. The van der Waals surface area contributed by atoms with E-state index in [0.717, 1.165) is 29.8 Å². The maximum atomic E-state index is 9.69. The Balaban J connectivity index is 2.12. The SMILES string of the molecule is CC1CC1CN(C)c1ncccc1[C@@H](C)O. The molecule has 3 nitrogen and oxygen atoms in total. The van der Waals surface area contributed by atoms with E-state index in [1.807, 2.05) is 12.1 Å². The lowest BCUT2D eigenvalue weighted by Crippen LogP contribution is -2.23. The molecular weight excluding hydrogens is 200 g/mol. The van der Waals surface area contributed by atoms with Gasteiger partial charge in [0.2, 0.25) is 0 Å². The minimum absolute atomic E-state index is 0.456. The van der Waals surface area contributed by atoms with Crippen LogP contribution in [0, 0.1) is 11.8 Å². The number of pyridine rings is 1. The highest BCUT2D eigenvalue weighted by Gasteiger charge is 2.33. The molecule has 1 aliphatic rings. The quantitative estimate of drug-likeness (QED) is 0.845. The zero-order chi connectivity index (χ0) is 11.7. The minimum atomic E-state index is -0.456. The third-order valence-corrected chi connectivity index (χ3v) is 3.41. The standard InChI is InChI=1S/C13H20N2O/c1-9-7-11(9)8-15(3)13-12(10(2)16)5-4-6-14-13/h4-6,9-11,16H,7-8H2,1-3H3/t9?,10-,11?/m1/s1. The molecule has 0 aliphatic heterocycles. The molecule has 1 heterocycles. The van der Waals surface area contributed by atoms with E-state index in [0.29, 0.717) is 0 Å². The average molecular weight is 220 g/mol. The molecule has 2 unspecified atom stereocenters. The lowest BCUT2D eigenvalue weighted by Gasteiger charge is -2.22.